The van der Waals surface area contributed by atoms with E-state index in [2.05, 4.69) is 12.2 Å². The first-order valence-corrected chi connectivity index (χ1v) is 8.72. The lowest BCUT2D eigenvalue weighted by Crippen LogP contribution is -2.42. The Balaban J connectivity index is 2.06. The normalized spacial score (nSPS) is 17.1. The number of likely N-dealkylation sites (tertiary alicyclic amines) is 1. The maximum atomic E-state index is 12.7. The highest BCUT2D eigenvalue weighted by molar-refractivity contribution is 5.97. The molecule has 1 aliphatic rings. The van der Waals surface area contributed by atoms with Crippen LogP contribution in [0.2, 0.25) is 0 Å². The molecule has 0 spiro atoms. The number of likely N-dealkylation sites (N-methyl/N-ethyl adjacent to an activating group) is 1. The van der Waals surface area contributed by atoms with Crippen molar-refractivity contribution in [1.29, 1.82) is 0 Å². The van der Waals surface area contributed by atoms with E-state index in [0.29, 0.717) is 11.3 Å². The zero-order valence-electron chi connectivity index (χ0n) is 15.5. The fourth-order valence-electron chi connectivity index (χ4n) is 3.02. The Bertz CT molecular complexity index is 672. The van der Waals surface area contributed by atoms with Gasteiger partial charge >= 0.3 is 0 Å². The number of nitrogens with one attached hydrogen (secondary N) is 1. The molecule has 0 saturated carbocycles. The van der Waals surface area contributed by atoms with Gasteiger partial charge in [0.2, 0.25) is 11.8 Å². The second-order valence-electron chi connectivity index (χ2n) is 6.80. The quantitative estimate of drug-likeness (QED) is 0.911. The van der Waals surface area contributed by atoms with Gasteiger partial charge in [0.25, 0.3) is 5.91 Å². The molecule has 1 unspecified atom stereocenters. The average molecular weight is 345 g/mol. The van der Waals surface area contributed by atoms with Gasteiger partial charge in [0.15, 0.2) is 0 Å². The van der Waals surface area contributed by atoms with E-state index in [0.717, 1.165) is 24.9 Å². The fourth-order valence-corrected chi connectivity index (χ4v) is 3.02. The van der Waals surface area contributed by atoms with Gasteiger partial charge in [-0.15, -0.1) is 0 Å². The smallest absolute Gasteiger partial charge is 0.254 e. The van der Waals surface area contributed by atoms with Crippen LogP contribution in [-0.2, 0) is 9.59 Å². The number of benzene rings is 1. The zero-order valence-corrected chi connectivity index (χ0v) is 15.5. The third-order valence-corrected chi connectivity index (χ3v) is 4.73. The molecular formula is C19H27N3O3. The molecular weight excluding hydrogens is 318 g/mol. The molecule has 1 atom stereocenters. The van der Waals surface area contributed by atoms with Crippen molar-refractivity contribution in [2.45, 2.75) is 46.1 Å². The second kappa shape index (κ2) is 8.14. The molecule has 3 amide bonds. The average Bonchev–Trinajstić information content (AvgIpc) is 2.56. The Morgan fingerprint density at radius 1 is 1.28 bits per heavy atom. The van der Waals surface area contributed by atoms with Crippen molar-refractivity contribution in [3.05, 3.63) is 29.3 Å². The van der Waals surface area contributed by atoms with Crippen LogP contribution in [0, 0.1) is 6.92 Å². The predicted octanol–water partition coefficient (Wildman–Crippen LogP) is 2.43. The molecule has 1 saturated heterocycles. The summed E-state index contributed by atoms with van der Waals surface area (Å²) in [5, 5.41) is 2.79. The van der Waals surface area contributed by atoms with Crippen LogP contribution in [0.3, 0.4) is 0 Å². The van der Waals surface area contributed by atoms with Crippen LogP contribution in [-0.4, -0.2) is 53.7 Å². The summed E-state index contributed by atoms with van der Waals surface area (Å²) in [4.78, 5) is 39.2. The standard InChI is InChI=1S/C19H27N3O3/c1-13-11-16(19(25)22-10-6-5-7-14(22)2)8-9-17(13)20-18(24)12-21(4)15(3)23/h8-9,11,14H,5-7,10,12H2,1-4H3,(H,20,24). The summed E-state index contributed by atoms with van der Waals surface area (Å²) < 4.78 is 0. The number of aryl methyl sites for hydroxylation is 1. The lowest BCUT2D eigenvalue weighted by molar-refractivity contribution is -0.131. The van der Waals surface area contributed by atoms with E-state index >= 15 is 0 Å². The van der Waals surface area contributed by atoms with Gasteiger partial charge in [0.1, 0.15) is 0 Å². The molecule has 1 aliphatic heterocycles. The van der Waals surface area contributed by atoms with Gasteiger partial charge in [0, 0.05) is 37.8 Å². The van der Waals surface area contributed by atoms with Crippen molar-refractivity contribution in [2.24, 2.45) is 0 Å². The summed E-state index contributed by atoms with van der Waals surface area (Å²) in [6, 6.07) is 5.58. The molecule has 6 heteroatoms. The Hall–Kier alpha value is -2.37. The molecule has 25 heavy (non-hydrogen) atoms. The first kappa shape index (κ1) is 19.0. The largest absolute Gasteiger partial charge is 0.337 e. The van der Waals surface area contributed by atoms with Crippen molar-refractivity contribution >= 4 is 23.4 Å². The Morgan fingerprint density at radius 2 is 2.00 bits per heavy atom. The summed E-state index contributed by atoms with van der Waals surface area (Å²) in [7, 11) is 1.58. The number of anilines is 1. The molecule has 1 fully saturated rings. The maximum absolute atomic E-state index is 12.7. The molecule has 2 rings (SSSR count). The van der Waals surface area contributed by atoms with Crippen molar-refractivity contribution < 1.29 is 14.4 Å². The minimum absolute atomic E-state index is 0.000742. The van der Waals surface area contributed by atoms with E-state index in [1.165, 1.54) is 18.2 Å². The molecule has 0 aromatic heterocycles. The van der Waals surface area contributed by atoms with Gasteiger partial charge in [-0.05, 0) is 56.9 Å². The highest BCUT2D eigenvalue weighted by atomic mass is 16.2. The number of hydrogen-bond acceptors (Lipinski definition) is 3. The lowest BCUT2D eigenvalue weighted by atomic mass is 10.0. The molecule has 6 nitrogen and oxygen atoms in total. The molecule has 1 aromatic rings. The monoisotopic (exact) mass is 345 g/mol. The minimum atomic E-state index is -0.260. The van der Waals surface area contributed by atoms with Crippen molar-refractivity contribution in [3.63, 3.8) is 0 Å². The number of carbonyl (C=O) groups excluding carboxylic acids is 3. The van der Waals surface area contributed by atoms with E-state index in [-0.39, 0.29) is 30.3 Å². The van der Waals surface area contributed by atoms with Gasteiger partial charge < -0.3 is 15.1 Å². The summed E-state index contributed by atoms with van der Waals surface area (Å²) in [5.74, 6) is -0.377. The number of nitrogens with zero attached hydrogens (tertiary/aromatic N) is 2. The SMILES string of the molecule is CC(=O)N(C)CC(=O)Nc1ccc(C(=O)N2CCCCC2C)cc1C. The van der Waals surface area contributed by atoms with Crippen LogP contribution < -0.4 is 5.32 Å². The van der Waals surface area contributed by atoms with Crippen LogP contribution in [0.1, 0.15) is 49.0 Å². The number of carbonyl (C=O) groups is 3. The highest BCUT2D eigenvalue weighted by Gasteiger charge is 2.24. The van der Waals surface area contributed by atoms with Gasteiger partial charge in [-0.3, -0.25) is 14.4 Å². The fraction of sp³-hybridized carbons (Fsp3) is 0.526. The van der Waals surface area contributed by atoms with E-state index < -0.39 is 0 Å². The van der Waals surface area contributed by atoms with E-state index in [9.17, 15) is 14.4 Å². The summed E-state index contributed by atoms with van der Waals surface area (Å²) in [6.45, 7) is 6.17. The molecule has 136 valence electrons. The Morgan fingerprint density at radius 3 is 2.60 bits per heavy atom. The van der Waals surface area contributed by atoms with Crippen molar-refractivity contribution in [1.82, 2.24) is 9.80 Å². The van der Waals surface area contributed by atoms with Crippen LogP contribution in [0.15, 0.2) is 18.2 Å². The Kier molecular flexibility index (Phi) is 6.17. The second-order valence-corrected chi connectivity index (χ2v) is 6.80. The van der Waals surface area contributed by atoms with E-state index in [4.69, 9.17) is 0 Å². The van der Waals surface area contributed by atoms with Gasteiger partial charge in [-0.25, -0.2) is 0 Å². The third-order valence-electron chi connectivity index (χ3n) is 4.73. The van der Waals surface area contributed by atoms with Crippen LogP contribution >= 0.6 is 0 Å². The first-order valence-electron chi connectivity index (χ1n) is 8.72. The minimum Gasteiger partial charge on any atom is -0.337 e. The highest BCUT2D eigenvalue weighted by Crippen LogP contribution is 2.22. The third kappa shape index (κ3) is 4.81. The number of rotatable bonds is 4. The molecule has 1 heterocycles. The van der Waals surface area contributed by atoms with Crippen LogP contribution in [0.4, 0.5) is 5.69 Å². The molecule has 0 aliphatic carbocycles. The van der Waals surface area contributed by atoms with E-state index in [1.54, 1.807) is 19.2 Å². The molecule has 1 N–H and O–H groups in total. The summed E-state index contributed by atoms with van der Waals surface area (Å²) in [6.07, 6.45) is 3.26. The van der Waals surface area contributed by atoms with Crippen molar-refractivity contribution in [2.75, 3.05) is 25.5 Å². The summed E-state index contributed by atoms with van der Waals surface area (Å²) >= 11 is 0. The van der Waals surface area contributed by atoms with Crippen LogP contribution in [0.25, 0.3) is 0 Å². The van der Waals surface area contributed by atoms with Crippen molar-refractivity contribution in [3.8, 4) is 0 Å². The number of piperidine rings is 1. The van der Waals surface area contributed by atoms with Gasteiger partial charge in [-0.1, -0.05) is 0 Å². The molecule has 1 aromatic carbocycles. The summed E-state index contributed by atoms with van der Waals surface area (Å²) in [5.41, 5.74) is 2.13. The predicted molar refractivity (Wildman–Crippen MR) is 97.5 cm³/mol. The maximum Gasteiger partial charge on any atom is 0.254 e. The van der Waals surface area contributed by atoms with E-state index in [1.807, 2.05) is 17.9 Å². The first-order chi connectivity index (χ1) is 11.8. The van der Waals surface area contributed by atoms with Crippen LogP contribution in [0.5, 0.6) is 0 Å². The topological polar surface area (TPSA) is 69.7 Å². The van der Waals surface area contributed by atoms with Gasteiger partial charge in [0.05, 0.1) is 6.54 Å². The van der Waals surface area contributed by atoms with Gasteiger partial charge in [-0.2, -0.15) is 0 Å². The number of hydrogen-bond donors (Lipinski definition) is 1. The Labute approximate surface area is 149 Å². The molecule has 0 radical (unpaired) electrons. The molecule has 0 bridgehead atoms. The lowest BCUT2D eigenvalue weighted by Gasteiger charge is -2.33. The number of amides is 3. The zero-order chi connectivity index (χ0) is 18.6.